The van der Waals surface area contributed by atoms with Gasteiger partial charge in [0.1, 0.15) is 6.33 Å². The van der Waals surface area contributed by atoms with E-state index in [1.165, 1.54) is 6.33 Å². The Hall–Kier alpha value is -1.23. The van der Waals surface area contributed by atoms with Gasteiger partial charge in [-0.25, -0.2) is 14.4 Å². The van der Waals surface area contributed by atoms with Crippen molar-refractivity contribution in [3.8, 4) is 0 Å². The Labute approximate surface area is 109 Å². The third-order valence-corrected chi connectivity index (χ3v) is 3.30. The zero-order chi connectivity index (χ0) is 13.5. The van der Waals surface area contributed by atoms with Crippen molar-refractivity contribution >= 4 is 5.82 Å². The number of hydrogen-bond donors (Lipinski definition) is 1. The molecule has 0 bridgehead atoms. The second kappa shape index (κ2) is 7.26. The predicted octanol–water partition coefficient (Wildman–Crippen LogP) is 2.32. The SMILES string of the molecule is CCc1ncnc(NCCN(C)C(C)CC)c1F. The van der Waals surface area contributed by atoms with Gasteiger partial charge in [-0.15, -0.1) is 0 Å². The number of rotatable bonds is 7. The number of aromatic nitrogens is 2. The normalized spacial score (nSPS) is 12.8. The number of anilines is 1. The highest BCUT2D eigenvalue weighted by atomic mass is 19.1. The van der Waals surface area contributed by atoms with Crippen molar-refractivity contribution in [2.75, 3.05) is 25.5 Å². The molecule has 0 aliphatic heterocycles. The summed E-state index contributed by atoms with van der Waals surface area (Å²) in [6.45, 7) is 7.76. The Kier molecular flexibility index (Phi) is 5.98. The zero-order valence-corrected chi connectivity index (χ0v) is 11.7. The molecule has 0 amide bonds. The van der Waals surface area contributed by atoms with E-state index in [1.807, 2.05) is 6.92 Å². The van der Waals surface area contributed by atoms with E-state index in [2.05, 4.69) is 41.1 Å². The molecular formula is C13H23FN4. The van der Waals surface area contributed by atoms with E-state index in [0.29, 0.717) is 30.5 Å². The molecule has 1 aromatic heterocycles. The van der Waals surface area contributed by atoms with E-state index in [1.54, 1.807) is 0 Å². The van der Waals surface area contributed by atoms with Gasteiger partial charge >= 0.3 is 0 Å². The summed E-state index contributed by atoms with van der Waals surface area (Å²) in [5.41, 5.74) is 0.461. The van der Waals surface area contributed by atoms with E-state index < -0.39 is 0 Å². The Bertz CT molecular complexity index is 370. The molecule has 0 fully saturated rings. The van der Waals surface area contributed by atoms with Crippen molar-refractivity contribution in [3.63, 3.8) is 0 Å². The quantitative estimate of drug-likeness (QED) is 0.810. The molecule has 0 saturated carbocycles. The van der Waals surface area contributed by atoms with Crippen molar-refractivity contribution in [2.24, 2.45) is 0 Å². The largest absolute Gasteiger partial charge is 0.366 e. The topological polar surface area (TPSA) is 41.1 Å². The molecule has 1 unspecified atom stereocenters. The van der Waals surface area contributed by atoms with Gasteiger partial charge in [0.2, 0.25) is 0 Å². The molecule has 1 atom stereocenters. The van der Waals surface area contributed by atoms with E-state index >= 15 is 0 Å². The van der Waals surface area contributed by atoms with Crippen LogP contribution in [-0.2, 0) is 6.42 Å². The van der Waals surface area contributed by atoms with Gasteiger partial charge in [-0.1, -0.05) is 13.8 Å². The second-order valence-electron chi connectivity index (χ2n) is 4.50. The molecular weight excluding hydrogens is 231 g/mol. The first-order valence-electron chi connectivity index (χ1n) is 6.53. The maximum absolute atomic E-state index is 13.8. The van der Waals surface area contributed by atoms with Gasteiger partial charge in [0, 0.05) is 19.1 Å². The molecule has 0 saturated heterocycles. The fourth-order valence-corrected chi connectivity index (χ4v) is 1.66. The maximum atomic E-state index is 13.8. The molecule has 0 aliphatic rings. The van der Waals surface area contributed by atoms with Gasteiger partial charge in [0.15, 0.2) is 11.6 Å². The summed E-state index contributed by atoms with van der Waals surface area (Å²) in [6.07, 6.45) is 3.09. The molecule has 1 aromatic rings. The lowest BCUT2D eigenvalue weighted by atomic mass is 10.2. The fourth-order valence-electron chi connectivity index (χ4n) is 1.66. The Morgan fingerprint density at radius 3 is 2.72 bits per heavy atom. The van der Waals surface area contributed by atoms with Crippen LogP contribution in [0.5, 0.6) is 0 Å². The minimum atomic E-state index is -0.328. The molecule has 4 nitrogen and oxygen atoms in total. The van der Waals surface area contributed by atoms with Crippen LogP contribution < -0.4 is 5.32 Å². The minimum Gasteiger partial charge on any atom is -0.366 e. The summed E-state index contributed by atoms with van der Waals surface area (Å²) in [7, 11) is 2.07. The molecule has 18 heavy (non-hydrogen) atoms. The Morgan fingerprint density at radius 2 is 2.11 bits per heavy atom. The van der Waals surface area contributed by atoms with Crippen LogP contribution in [0.4, 0.5) is 10.2 Å². The summed E-state index contributed by atoms with van der Waals surface area (Å²) < 4.78 is 13.8. The van der Waals surface area contributed by atoms with Crippen LogP contribution in [0.2, 0.25) is 0 Å². The van der Waals surface area contributed by atoms with Crippen molar-refractivity contribution < 1.29 is 4.39 Å². The van der Waals surface area contributed by atoms with Gasteiger partial charge in [-0.05, 0) is 26.8 Å². The first-order chi connectivity index (χ1) is 8.60. The number of aryl methyl sites for hydroxylation is 1. The average molecular weight is 254 g/mol. The van der Waals surface area contributed by atoms with E-state index in [0.717, 1.165) is 13.0 Å². The number of hydrogen-bond acceptors (Lipinski definition) is 4. The lowest BCUT2D eigenvalue weighted by Gasteiger charge is -2.23. The third kappa shape index (κ3) is 3.91. The Morgan fingerprint density at radius 1 is 1.39 bits per heavy atom. The molecule has 1 rings (SSSR count). The summed E-state index contributed by atoms with van der Waals surface area (Å²) in [4.78, 5) is 10.1. The third-order valence-electron chi connectivity index (χ3n) is 3.30. The van der Waals surface area contributed by atoms with Crippen LogP contribution in [0.25, 0.3) is 0 Å². The lowest BCUT2D eigenvalue weighted by molar-refractivity contribution is 0.261. The number of halogens is 1. The number of nitrogens with zero attached hydrogens (tertiary/aromatic N) is 3. The van der Waals surface area contributed by atoms with Gasteiger partial charge in [-0.2, -0.15) is 0 Å². The van der Waals surface area contributed by atoms with E-state index in [4.69, 9.17) is 0 Å². The first-order valence-corrected chi connectivity index (χ1v) is 6.53. The van der Waals surface area contributed by atoms with Crippen molar-refractivity contribution in [3.05, 3.63) is 17.8 Å². The smallest absolute Gasteiger partial charge is 0.186 e. The molecule has 1 N–H and O–H groups in total. The summed E-state index contributed by atoms with van der Waals surface area (Å²) in [5.74, 6) is -0.0226. The highest BCUT2D eigenvalue weighted by molar-refractivity contribution is 5.37. The molecule has 0 radical (unpaired) electrons. The standard InChI is InChI=1S/C13H23FN4/c1-5-10(3)18(4)8-7-15-13-12(14)11(6-2)16-9-17-13/h9-10H,5-8H2,1-4H3,(H,15,16,17). The van der Waals surface area contributed by atoms with Crippen LogP contribution in [0, 0.1) is 5.82 Å². The number of likely N-dealkylation sites (N-methyl/N-ethyl adjacent to an activating group) is 1. The maximum Gasteiger partial charge on any atom is 0.186 e. The van der Waals surface area contributed by atoms with Gasteiger partial charge in [0.25, 0.3) is 0 Å². The monoisotopic (exact) mass is 254 g/mol. The van der Waals surface area contributed by atoms with Crippen LogP contribution >= 0.6 is 0 Å². The van der Waals surface area contributed by atoms with E-state index in [9.17, 15) is 4.39 Å². The molecule has 5 heteroatoms. The highest BCUT2D eigenvalue weighted by Gasteiger charge is 2.10. The van der Waals surface area contributed by atoms with E-state index in [-0.39, 0.29) is 5.82 Å². The van der Waals surface area contributed by atoms with Crippen LogP contribution in [0.15, 0.2) is 6.33 Å². The van der Waals surface area contributed by atoms with Crippen molar-refractivity contribution in [2.45, 2.75) is 39.7 Å². The van der Waals surface area contributed by atoms with Crippen molar-refractivity contribution in [1.82, 2.24) is 14.9 Å². The summed E-state index contributed by atoms with van der Waals surface area (Å²) in [5, 5.41) is 3.03. The van der Waals surface area contributed by atoms with Gasteiger partial charge < -0.3 is 10.2 Å². The van der Waals surface area contributed by atoms with Crippen LogP contribution in [0.3, 0.4) is 0 Å². The lowest BCUT2D eigenvalue weighted by Crippen LogP contribution is -2.33. The zero-order valence-electron chi connectivity index (χ0n) is 11.7. The molecule has 0 aromatic carbocycles. The van der Waals surface area contributed by atoms with Gasteiger partial charge in [0.05, 0.1) is 5.69 Å². The minimum absolute atomic E-state index is 0.305. The summed E-state index contributed by atoms with van der Waals surface area (Å²) in [6, 6.07) is 0.535. The molecule has 0 spiro atoms. The molecule has 1 heterocycles. The average Bonchev–Trinajstić information content (AvgIpc) is 2.39. The predicted molar refractivity (Wildman–Crippen MR) is 72.2 cm³/mol. The van der Waals surface area contributed by atoms with Crippen LogP contribution in [0.1, 0.15) is 32.9 Å². The van der Waals surface area contributed by atoms with Crippen molar-refractivity contribution in [1.29, 1.82) is 0 Å². The molecule has 102 valence electrons. The number of nitrogens with one attached hydrogen (secondary N) is 1. The molecule has 0 aliphatic carbocycles. The second-order valence-corrected chi connectivity index (χ2v) is 4.50. The van der Waals surface area contributed by atoms with Gasteiger partial charge in [-0.3, -0.25) is 0 Å². The first kappa shape index (κ1) is 14.8. The highest BCUT2D eigenvalue weighted by Crippen LogP contribution is 2.12. The Balaban J connectivity index is 2.49. The van der Waals surface area contributed by atoms with Crippen LogP contribution in [-0.4, -0.2) is 41.0 Å². The fraction of sp³-hybridized carbons (Fsp3) is 0.692. The summed E-state index contributed by atoms with van der Waals surface area (Å²) >= 11 is 0.